The van der Waals surface area contributed by atoms with E-state index in [1.165, 1.54) is 68.0 Å². The second kappa shape index (κ2) is 10.1. The maximum atomic E-state index is 2.49. The molecule has 0 N–H and O–H groups in total. The number of nitrogens with zero attached hydrogens (tertiary/aromatic N) is 1. The van der Waals surface area contributed by atoms with Gasteiger partial charge in [-0.25, -0.2) is 0 Å². The summed E-state index contributed by atoms with van der Waals surface area (Å²) >= 11 is 0. The largest absolute Gasteiger partial charge is 0.311 e. The summed E-state index contributed by atoms with van der Waals surface area (Å²) in [4.78, 5) is 2.41. The molecule has 200 valence electrons. The van der Waals surface area contributed by atoms with E-state index in [-0.39, 0.29) is 5.41 Å². The monoisotopic (exact) mass is 529 g/mol. The van der Waals surface area contributed by atoms with Crippen LogP contribution in [0.3, 0.4) is 0 Å². The Kier molecular flexibility index (Phi) is 6.24. The summed E-state index contributed by atoms with van der Waals surface area (Å²) in [6.45, 7) is 6.42. The number of allylic oxidation sites excluding steroid dienone is 3. The number of benzene rings is 5. The van der Waals surface area contributed by atoms with Crippen molar-refractivity contribution in [2.75, 3.05) is 4.90 Å². The first-order valence-electron chi connectivity index (χ1n) is 14.6. The van der Waals surface area contributed by atoms with Crippen molar-refractivity contribution >= 4 is 11.4 Å². The fraction of sp³-hybridized carbons (Fsp3) is 0.150. The molecule has 0 radical (unpaired) electrons. The number of hydrogen-bond acceptors (Lipinski definition) is 1. The molecule has 2 aliphatic carbocycles. The van der Waals surface area contributed by atoms with Crippen LogP contribution in [0.25, 0.3) is 22.3 Å². The number of aryl methyl sites for hydroxylation is 3. The van der Waals surface area contributed by atoms with Crippen molar-refractivity contribution in [3.8, 4) is 22.3 Å². The van der Waals surface area contributed by atoms with Gasteiger partial charge in [-0.15, -0.1) is 0 Å². The normalized spacial score (nSPS) is 18.9. The van der Waals surface area contributed by atoms with Crippen molar-refractivity contribution in [2.24, 2.45) is 5.92 Å². The zero-order chi connectivity index (χ0) is 28.0. The lowest BCUT2D eigenvalue weighted by molar-refractivity contribution is 0.806. The summed E-state index contributed by atoms with van der Waals surface area (Å²) in [5.74, 6) is 0.520. The molecule has 1 fully saturated rings. The summed E-state index contributed by atoms with van der Waals surface area (Å²) in [5.41, 5.74) is 14.0. The van der Waals surface area contributed by atoms with Crippen molar-refractivity contribution in [2.45, 2.75) is 32.6 Å². The Morgan fingerprint density at radius 1 is 0.512 bits per heavy atom. The highest BCUT2D eigenvalue weighted by Gasteiger charge is 2.53. The van der Waals surface area contributed by atoms with Crippen LogP contribution in [0.4, 0.5) is 11.4 Å². The van der Waals surface area contributed by atoms with Crippen LogP contribution in [0.5, 0.6) is 0 Å². The molecule has 0 aromatic heterocycles. The number of rotatable bonds is 6. The van der Waals surface area contributed by atoms with E-state index in [1.807, 2.05) is 0 Å². The van der Waals surface area contributed by atoms with Crippen molar-refractivity contribution in [1.29, 1.82) is 0 Å². The minimum atomic E-state index is 0.146. The molecule has 1 saturated carbocycles. The first-order valence-corrected chi connectivity index (χ1v) is 14.6. The summed E-state index contributed by atoms with van der Waals surface area (Å²) in [6.07, 6.45) is 8.45. The van der Waals surface area contributed by atoms with Gasteiger partial charge in [-0.05, 0) is 91.3 Å². The van der Waals surface area contributed by atoms with Crippen molar-refractivity contribution in [3.63, 3.8) is 0 Å². The van der Waals surface area contributed by atoms with Gasteiger partial charge in [-0.1, -0.05) is 126 Å². The highest BCUT2D eigenvalue weighted by Crippen LogP contribution is 2.59. The molecule has 41 heavy (non-hydrogen) atoms. The highest BCUT2D eigenvalue weighted by atomic mass is 15.1. The van der Waals surface area contributed by atoms with Gasteiger partial charge < -0.3 is 4.90 Å². The standard InChI is InChI=1S/C40H35N/c1-28-4-10-31(11-5-28)33-14-20-37(21-15-33)41(38-22-16-34(17-23-38)32-12-6-29(2)7-13-32)39-24-25-40(27-36(40)26-39)35-18-8-30(3)9-19-35/h4-26,36H,27H2,1-3H3. The summed E-state index contributed by atoms with van der Waals surface area (Å²) in [5, 5.41) is 0. The average molecular weight is 530 g/mol. The molecule has 0 saturated heterocycles. The molecule has 2 unspecified atom stereocenters. The van der Waals surface area contributed by atoms with Crippen LogP contribution in [-0.4, -0.2) is 0 Å². The van der Waals surface area contributed by atoms with Gasteiger partial charge in [0.15, 0.2) is 0 Å². The molecule has 0 heterocycles. The zero-order valence-electron chi connectivity index (χ0n) is 24.0. The molecule has 7 rings (SSSR count). The van der Waals surface area contributed by atoms with Crippen LogP contribution < -0.4 is 4.90 Å². The Morgan fingerprint density at radius 3 is 1.32 bits per heavy atom. The van der Waals surface area contributed by atoms with Crippen molar-refractivity contribution in [1.82, 2.24) is 0 Å². The van der Waals surface area contributed by atoms with Crippen LogP contribution in [0, 0.1) is 26.7 Å². The Hall–Kier alpha value is -4.62. The minimum Gasteiger partial charge on any atom is -0.311 e. The summed E-state index contributed by atoms with van der Waals surface area (Å²) in [7, 11) is 0. The molecule has 5 aromatic carbocycles. The Bertz CT molecular complexity index is 1650. The van der Waals surface area contributed by atoms with Crippen LogP contribution in [0.15, 0.2) is 145 Å². The van der Waals surface area contributed by atoms with Gasteiger partial charge in [0.25, 0.3) is 0 Å². The third kappa shape index (κ3) is 4.83. The molecule has 5 aromatic rings. The lowest BCUT2D eigenvalue weighted by atomic mass is 9.89. The molecule has 0 amide bonds. The SMILES string of the molecule is Cc1ccc(-c2ccc(N(C3=CC4CC4(c4ccc(C)cc4)C=C3)c3ccc(-c4ccc(C)cc4)cc3)cc2)cc1. The van der Waals surface area contributed by atoms with E-state index < -0.39 is 0 Å². The molecule has 0 aliphatic heterocycles. The third-order valence-electron chi connectivity index (χ3n) is 8.85. The topological polar surface area (TPSA) is 3.24 Å². The minimum absolute atomic E-state index is 0.146. The van der Waals surface area contributed by atoms with E-state index >= 15 is 0 Å². The zero-order valence-corrected chi connectivity index (χ0v) is 24.0. The molecule has 0 spiro atoms. The molecule has 1 heteroatoms. The lowest BCUT2D eigenvalue weighted by Gasteiger charge is -2.29. The molecular weight excluding hydrogens is 494 g/mol. The fourth-order valence-corrected chi connectivity index (χ4v) is 6.19. The fourth-order valence-electron chi connectivity index (χ4n) is 6.19. The van der Waals surface area contributed by atoms with Crippen LogP contribution in [0.1, 0.15) is 28.7 Å². The third-order valence-corrected chi connectivity index (χ3v) is 8.85. The van der Waals surface area contributed by atoms with E-state index in [0.717, 1.165) is 0 Å². The van der Waals surface area contributed by atoms with Gasteiger partial charge in [0.2, 0.25) is 0 Å². The van der Waals surface area contributed by atoms with Gasteiger partial charge in [-0.3, -0.25) is 0 Å². The Balaban J connectivity index is 1.24. The first kappa shape index (κ1) is 25.4. The Morgan fingerprint density at radius 2 is 0.902 bits per heavy atom. The average Bonchev–Trinajstić information content (AvgIpc) is 3.74. The molecular formula is C40H35N. The van der Waals surface area contributed by atoms with Crippen LogP contribution in [0.2, 0.25) is 0 Å². The quantitative estimate of drug-likeness (QED) is 0.211. The van der Waals surface area contributed by atoms with E-state index in [1.54, 1.807) is 0 Å². The molecule has 0 bridgehead atoms. The molecule has 2 atom stereocenters. The van der Waals surface area contributed by atoms with Crippen molar-refractivity contribution < 1.29 is 0 Å². The second-order valence-electron chi connectivity index (χ2n) is 11.8. The van der Waals surface area contributed by atoms with E-state index in [0.29, 0.717) is 5.92 Å². The maximum absolute atomic E-state index is 2.49. The van der Waals surface area contributed by atoms with E-state index in [4.69, 9.17) is 0 Å². The number of hydrogen-bond donors (Lipinski definition) is 0. The van der Waals surface area contributed by atoms with Gasteiger partial charge in [-0.2, -0.15) is 0 Å². The Labute approximate surface area is 244 Å². The first-order chi connectivity index (χ1) is 20.0. The molecule has 2 aliphatic rings. The number of anilines is 2. The van der Waals surface area contributed by atoms with Crippen molar-refractivity contribution in [3.05, 3.63) is 168 Å². The maximum Gasteiger partial charge on any atom is 0.0461 e. The van der Waals surface area contributed by atoms with E-state index in [9.17, 15) is 0 Å². The second-order valence-corrected chi connectivity index (χ2v) is 11.8. The number of fused-ring (bicyclic) bond motifs is 1. The predicted octanol–water partition coefficient (Wildman–Crippen LogP) is 10.5. The van der Waals surface area contributed by atoms with Gasteiger partial charge in [0.05, 0.1) is 0 Å². The predicted molar refractivity (Wildman–Crippen MR) is 174 cm³/mol. The van der Waals surface area contributed by atoms with E-state index in [2.05, 4.69) is 165 Å². The smallest absolute Gasteiger partial charge is 0.0461 e. The lowest BCUT2D eigenvalue weighted by Crippen LogP contribution is -2.19. The van der Waals surface area contributed by atoms with Gasteiger partial charge in [0, 0.05) is 22.5 Å². The highest BCUT2D eigenvalue weighted by molar-refractivity contribution is 5.76. The van der Waals surface area contributed by atoms with Gasteiger partial charge in [0.1, 0.15) is 0 Å². The van der Waals surface area contributed by atoms with Crippen LogP contribution in [-0.2, 0) is 5.41 Å². The molecule has 1 nitrogen and oxygen atoms in total. The summed E-state index contributed by atoms with van der Waals surface area (Å²) < 4.78 is 0. The van der Waals surface area contributed by atoms with Crippen LogP contribution >= 0.6 is 0 Å². The summed E-state index contributed by atoms with van der Waals surface area (Å²) in [6, 6.07) is 44.6. The van der Waals surface area contributed by atoms with Gasteiger partial charge >= 0.3 is 0 Å².